The van der Waals surface area contributed by atoms with Gasteiger partial charge in [-0.05, 0) is 56.2 Å². The van der Waals surface area contributed by atoms with E-state index in [0.717, 1.165) is 5.56 Å². The maximum absolute atomic E-state index is 13.1. The molecule has 3 aromatic rings. The van der Waals surface area contributed by atoms with E-state index in [-0.39, 0.29) is 11.7 Å². The number of hydrogen-bond acceptors (Lipinski definition) is 5. The highest BCUT2D eigenvalue weighted by Crippen LogP contribution is 2.31. The normalized spacial score (nSPS) is 16.4. The second-order valence-electron chi connectivity index (χ2n) is 6.94. The van der Waals surface area contributed by atoms with Crippen molar-refractivity contribution in [2.75, 3.05) is 13.1 Å². The average molecular weight is 401 g/mol. The standard InChI is InChI=1S/C20H20FN3O3S/c1-14-2-8-18(9-3-14)28(25,26)24-12-10-16(11-13-24)20-23-22-19(27-20)15-4-6-17(21)7-5-15/h2-9,16H,10-13H2,1H3. The molecular formula is C20H20FN3O3S. The maximum atomic E-state index is 13.1. The number of sulfonamides is 1. The molecule has 4 rings (SSSR count). The van der Waals surface area contributed by atoms with Gasteiger partial charge >= 0.3 is 0 Å². The fourth-order valence-electron chi connectivity index (χ4n) is 3.31. The zero-order valence-corrected chi connectivity index (χ0v) is 16.2. The second kappa shape index (κ2) is 7.44. The molecule has 0 saturated carbocycles. The Morgan fingerprint density at radius 1 is 1.00 bits per heavy atom. The maximum Gasteiger partial charge on any atom is 0.247 e. The Bertz CT molecular complexity index is 1050. The first-order valence-corrected chi connectivity index (χ1v) is 10.5. The number of rotatable bonds is 4. The minimum atomic E-state index is -3.50. The monoisotopic (exact) mass is 401 g/mol. The van der Waals surface area contributed by atoms with Gasteiger partial charge in [0.25, 0.3) is 0 Å². The third kappa shape index (κ3) is 3.70. The number of aryl methyl sites for hydroxylation is 1. The molecule has 1 fully saturated rings. The van der Waals surface area contributed by atoms with Gasteiger partial charge in [0, 0.05) is 24.6 Å². The summed E-state index contributed by atoms with van der Waals surface area (Å²) in [4.78, 5) is 0.313. The zero-order chi connectivity index (χ0) is 19.7. The quantitative estimate of drug-likeness (QED) is 0.665. The van der Waals surface area contributed by atoms with Crippen molar-refractivity contribution in [1.29, 1.82) is 0 Å². The van der Waals surface area contributed by atoms with Crippen LogP contribution in [-0.2, 0) is 10.0 Å². The summed E-state index contributed by atoms with van der Waals surface area (Å²) in [7, 11) is -3.50. The molecule has 146 valence electrons. The largest absolute Gasteiger partial charge is 0.420 e. The lowest BCUT2D eigenvalue weighted by molar-refractivity contribution is 0.291. The fourth-order valence-corrected chi connectivity index (χ4v) is 4.78. The van der Waals surface area contributed by atoms with E-state index in [1.807, 2.05) is 6.92 Å². The average Bonchev–Trinajstić information content (AvgIpc) is 3.19. The summed E-state index contributed by atoms with van der Waals surface area (Å²) in [5, 5.41) is 8.16. The lowest BCUT2D eigenvalue weighted by atomic mass is 9.98. The molecule has 8 heteroatoms. The molecule has 0 atom stereocenters. The molecule has 0 bridgehead atoms. The zero-order valence-electron chi connectivity index (χ0n) is 15.4. The van der Waals surface area contributed by atoms with Crippen LogP contribution < -0.4 is 0 Å². The van der Waals surface area contributed by atoms with Crippen molar-refractivity contribution in [2.45, 2.75) is 30.6 Å². The van der Waals surface area contributed by atoms with Crippen LogP contribution in [0.2, 0.25) is 0 Å². The van der Waals surface area contributed by atoms with Crippen molar-refractivity contribution in [3.05, 3.63) is 65.8 Å². The van der Waals surface area contributed by atoms with Gasteiger partial charge in [0.1, 0.15) is 5.82 Å². The molecule has 6 nitrogen and oxygen atoms in total. The molecule has 0 amide bonds. The van der Waals surface area contributed by atoms with E-state index in [1.54, 1.807) is 36.4 Å². The van der Waals surface area contributed by atoms with E-state index in [0.29, 0.717) is 48.2 Å². The van der Waals surface area contributed by atoms with Crippen molar-refractivity contribution in [3.63, 3.8) is 0 Å². The molecule has 2 aromatic carbocycles. The second-order valence-corrected chi connectivity index (χ2v) is 8.88. The number of aromatic nitrogens is 2. The predicted molar refractivity (Wildman–Crippen MR) is 102 cm³/mol. The Morgan fingerprint density at radius 2 is 1.64 bits per heavy atom. The first kappa shape index (κ1) is 18.8. The minimum absolute atomic E-state index is 0.00571. The summed E-state index contributed by atoms with van der Waals surface area (Å²) in [6.07, 6.45) is 1.21. The highest BCUT2D eigenvalue weighted by Gasteiger charge is 2.32. The molecule has 0 spiro atoms. The molecule has 1 aliphatic rings. The van der Waals surface area contributed by atoms with Crippen molar-refractivity contribution < 1.29 is 17.2 Å². The summed E-state index contributed by atoms with van der Waals surface area (Å²) in [5.41, 5.74) is 1.67. The summed E-state index contributed by atoms with van der Waals surface area (Å²) in [6, 6.07) is 12.7. The molecule has 1 saturated heterocycles. The minimum Gasteiger partial charge on any atom is -0.420 e. The van der Waals surface area contributed by atoms with Crippen LogP contribution in [0.3, 0.4) is 0 Å². The van der Waals surface area contributed by atoms with Gasteiger partial charge in [0.15, 0.2) is 0 Å². The Balaban J connectivity index is 1.44. The van der Waals surface area contributed by atoms with Crippen LogP contribution in [0.4, 0.5) is 4.39 Å². The molecule has 0 unspecified atom stereocenters. The molecule has 0 N–H and O–H groups in total. The first-order valence-electron chi connectivity index (χ1n) is 9.09. The van der Waals surface area contributed by atoms with Crippen LogP contribution in [0.15, 0.2) is 57.8 Å². The Labute approximate surface area is 163 Å². The van der Waals surface area contributed by atoms with Crippen molar-refractivity contribution in [2.24, 2.45) is 0 Å². The van der Waals surface area contributed by atoms with Crippen LogP contribution >= 0.6 is 0 Å². The summed E-state index contributed by atoms with van der Waals surface area (Å²) < 4.78 is 45.9. The summed E-state index contributed by atoms with van der Waals surface area (Å²) in [6.45, 7) is 2.72. The third-order valence-electron chi connectivity index (χ3n) is 4.99. The van der Waals surface area contributed by atoms with Gasteiger partial charge in [-0.25, -0.2) is 12.8 Å². The van der Waals surface area contributed by atoms with Gasteiger partial charge in [0.2, 0.25) is 21.8 Å². The molecular weight excluding hydrogens is 381 g/mol. The number of piperidine rings is 1. The number of hydrogen-bond donors (Lipinski definition) is 0. The number of nitrogens with zero attached hydrogens (tertiary/aromatic N) is 3. The third-order valence-corrected chi connectivity index (χ3v) is 6.91. The van der Waals surface area contributed by atoms with Crippen molar-refractivity contribution in [3.8, 4) is 11.5 Å². The van der Waals surface area contributed by atoms with Gasteiger partial charge in [-0.2, -0.15) is 4.31 Å². The van der Waals surface area contributed by atoms with E-state index in [2.05, 4.69) is 10.2 Å². The lowest BCUT2D eigenvalue weighted by Gasteiger charge is -2.29. The molecule has 28 heavy (non-hydrogen) atoms. The summed E-state index contributed by atoms with van der Waals surface area (Å²) in [5.74, 6) is 0.508. The lowest BCUT2D eigenvalue weighted by Crippen LogP contribution is -2.37. The van der Waals surface area contributed by atoms with Crippen molar-refractivity contribution >= 4 is 10.0 Å². The van der Waals surface area contributed by atoms with E-state index in [9.17, 15) is 12.8 Å². The summed E-state index contributed by atoms with van der Waals surface area (Å²) >= 11 is 0. The van der Waals surface area contributed by atoms with Gasteiger partial charge in [-0.1, -0.05) is 17.7 Å². The van der Waals surface area contributed by atoms with Crippen LogP contribution in [0.25, 0.3) is 11.5 Å². The highest BCUT2D eigenvalue weighted by atomic mass is 32.2. The topological polar surface area (TPSA) is 76.3 Å². The van der Waals surface area contributed by atoms with E-state index < -0.39 is 10.0 Å². The Morgan fingerprint density at radius 3 is 2.29 bits per heavy atom. The molecule has 1 aromatic heterocycles. The smallest absolute Gasteiger partial charge is 0.247 e. The Hall–Kier alpha value is -2.58. The van der Waals surface area contributed by atoms with Crippen LogP contribution in [0.5, 0.6) is 0 Å². The molecule has 2 heterocycles. The van der Waals surface area contributed by atoms with E-state index >= 15 is 0 Å². The van der Waals surface area contributed by atoms with Crippen LogP contribution in [0.1, 0.15) is 30.2 Å². The van der Waals surface area contributed by atoms with Crippen molar-refractivity contribution in [1.82, 2.24) is 14.5 Å². The predicted octanol–water partition coefficient (Wildman–Crippen LogP) is 3.75. The molecule has 0 radical (unpaired) electrons. The van der Waals surface area contributed by atoms with Gasteiger partial charge in [0.05, 0.1) is 4.90 Å². The SMILES string of the molecule is Cc1ccc(S(=O)(=O)N2CCC(c3nnc(-c4ccc(F)cc4)o3)CC2)cc1. The highest BCUT2D eigenvalue weighted by molar-refractivity contribution is 7.89. The fraction of sp³-hybridized carbons (Fsp3) is 0.300. The molecule has 0 aliphatic carbocycles. The van der Waals surface area contributed by atoms with Crippen LogP contribution in [0, 0.1) is 12.7 Å². The van der Waals surface area contributed by atoms with Gasteiger partial charge < -0.3 is 4.42 Å². The van der Waals surface area contributed by atoms with E-state index in [1.165, 1.54) is 16.4 Å². The first-order chi connectivity index (χ1) is 13.4. The van der Waals surface area contributed by atoms with Crippen LogP contribution in [-0.4, -0.2) is 36.0 Å². The van der Waals surface area contributed by atoms with Gasteiger partial charge in [-0.15, -0.1) is 10.2 Å². The van der Waals surface area contributed by atoms with Gasteiger partial charge in [-0.3, -0.25) is 0 Å². The number of benzene rings is 2. The Kier molecular flexibility index (Phi) is 4.99. The van der Waals surface area contributed by atoms with E-state index in [4.69, 9.17) is 4.42 Å². The number of halogens is 1. The molecule has 1 aliphatic heterocycles.